The second kappa shape index (κ2) is 2.63. The van der Waals surface area contributed by atoms with Gasteiger partial charge in [-0.2, -0.15) is 8.42 Å². The first-order valence-electron chi connectivity index (χ1n) is 0.698. The van der Waals surface area contributed by atoms with Crippen molar-refractivity contribution in [1.82, 2.24) is 0 Å². The Morgan fingerprint density at radius 3 is 1.33 bits per heavy atom. The van der Waals surface area contributed by atoms with Gasteiger partial charge in [0.1, 0.15) is 0 Å². The maximum Gasteiger partial charge on any atom is 0.394 e. The molecule has 0 radical (unpaired) electrons. The summed E-state index contributed by atoms with van der Waals surface area (Å²) in [4.78, 5) is 0. The minimum absolute atomic E-state index is 0. The molecule has 0 saturated heterocycles. The molecule has 0 fully saturated rings. The van der Waals surface area contributed by atoms with E-state index in [0.29, 0.717) is 0 Å². The first kappa shape index (κ1) is 9.71. The molecule has 0 aromatic carbocycles. The van der Waals surface area contributed by atoms with Gasteiger partial charge in [0.2, 0.25) is 0 Å². The van der Waals surface area contributed by atoms with Crippen molar-refractivity contribution in [1.29, 1.82) is 0 Å². The normalized spacial score (nSPS) is 9.67. The van der Waals surface area contributed by atoms with E-state index in [1.165, 1.54) is 0 Å². The van der Waals surface area contributed by atoms with Crippen LogP contribution in [0, 0.1) is 0 Å². The molecule has 0 aliphatic carbocycles. The molecule has 4 nitrogen and oxygen atoms in total. The predicted octanol–water partition coefficient (Wildman–Crippen LogP) is 0.821. The van der Waals surface area contributed by atoms with E-state index >= 15 is 0 Å². The molecule has 0 aliphatic rings. The van der Waals surface area contributed by atoms with Crippen LogP contribution >= 0.6 is 0 Å². The van der Waals surface area contributed by atoms with Crippen LogP contribution in [-0.4, -0.2) is 17.5 Å². The van der Waals surface area contributed by atoms with Gasteiger partial charge >= 0.3 is 10.4 Å². The molecule has 0 atom stereocenters. The van der Waals surface area contributed by atoms with Gasteiger partial charge in [-0.25, -0.2) is 0 Å². The SMILES string of the molecule is O=S(=O)(O)O.[HH].[HH].[HH].[HH].[HH].[HH].[Zn]. The number of rotatable bonds is 0. The third-order valence-electron chi connectivity index (χ3n) is 0. The van der Waals surface area contributed by atoms with Crippen molar-refractivity contribution in [2.24, 2.45) is 0 Å². The summed E-state index contributed by atoms with van der Waals surface area (Å²) >= 11 is 0. The topological polar surface area (TPSA) is 74.6 Å². The Morgan fingerprint density at radius 2 is 1.33 bits per heavy atom. The molecule has 0 amide bonds. The van der Waals surface area contributed by atoms with Crippen LogP contribution in [0.25, 0.3) is 0 Å². The summed E-state index contributed by atoms with van der Waals surface area (Å²) in [6.07, 6.45) is 0. The molecule has 6 heavy (non-hydrogen) atoms. The minimum atomic E-state index is -4.67. The maximum absolute atomic E-state index is 8.74. The van der Waals surface area contributed by atoms with E-state index in [-0.39, 0.29) is 28.0 Å². The first-order chi connectivity index (χ1) is 2.00. The van der Waals surface area contributed by atoms with Crippen LogP contribution in [0.5, 0.6) is 0 Å². The van der Waals surface area contributed by atoms with Crippen LogP contribution in [0.1, 0.15) is 8.56 Å². The van der Waals surface area contributed by atoms with E-state index in [0.717, 1.165) is 0 Å². The summed E-state index contributed by atoms with van der Waals surface area (Å²) in [5.74, 6) is 0. The van der Waals surface area contributed by atoms with Crippen LogP contribution in [0.4, 0.5) is 0 Å². The van der Waals surface area contributed by atoms with Gasteiger partial charge in [0, 0.05) is 28.0 Å². The van der Waals surface area contributed by atoms with Crippen LogP contribution in [0.15, 0.2) is 0 Å². The molecular weight excluding hydrogens is 161 g/mol. The molecule has 0 aromatic rings. The van der Waals surface area contributed by atoms with Gasteiger partial charge in [0.25, 0.3) is 0 Å². The van der Waals surface area contributed by atoms with Gasteiger partial charge in [0.05, 0.1) is 0 Å². The fourth-order valence-electron chi connectivity index (χ4n) is 0. The fraction of sp³-hybridized carbons (Fsp3) is 0. The molecule has 46 valence electrons. The fourth-order valence-corrected chi connectivity index (χ4v) is 0. The summed E-state index contributed by atoms with van der Waals surface area (Å²) in [6.45, 7) is 0. The van der Waals surface area contributed by atoms with E-state index < -0.39 is 10.4 Å². The molecule has 6 heteroatoms. The van der Waals surface area contributed by atoms with Crippen molar-refractivity contribution in [3.8, 4) is 0 Å². The summed E-state index contributed by atoms with van der Waals surface area (Å²) in [6, 6.07) is 0. The van der Waals surface area contributed by atoms with Gasteiger partial charge in [-0.1, -0.05) is 0 Å². The zero-order chi connectivity index (χ0) is 4.50. The van der Waals surface area contributed by atoms with E-state index in [2.05, 4.69) is 0 Å². The Hall–Kier alpha value is 0.493. The van der Waals surface area contributed by atoms with Crippen LogP contribution < -0.4 is 0 Å². The van der Waals surface area contributed by atoms with Crippen molar-refractivity contribution in [2.75, 3.05) is 0 Å². The van der Waals surface area contributed by atoms with Crippen molar-refractivity contribution in [2.45, 2.75) is 0 Å². The molecule has 0 rings (SSSR count). The molecule has 0 heterocycles. The summed E-state index contributed by atoms with van der Waals surface area (Å²) < 4.78 is 31.6. The van der Waals surface area contributed by atoms with Gasteiger partial charge in [-0.15, -0.1) is 0 Å². The van der Waals surface area contributed by atoms with Crippen molar-refractivity contribution in [3.63, 3.8) is 0 Å². The van der Waals surface area contributed by atoms with E-state index in [1.54, 1.807) is 0 Å². The second-order valence-electron chi connectivity index (χ2n) is 0.448. The Bertz CT molecular complexity index is 103. The molecule has 2 N–H and O–H groups in total. The van der Waals surface area contributed by atoms with Crippen molar-refractivity contribution < 1.29 is 45.6 Å². The van der Waals surface area contributed by atoms with Crippen molar-refractivity contribution >= 4 is 10.4 Å². The van der Waals surface area contributed by atoms with E-state index in [9.17, 15) is 0 Å². The van der Waals surface area contributed by atoms with Gasteiger partial charge in [0.15, 0.2) is 0 Å². The molecule has 0 aliphatic heterocycles. The van der Waals surface area contributed by atoms with Crippen LogP contribution in [-0.2, 0) is 29.9 Å². The quantitative estimate of drug-likeness (QED) is 0.422. The summed E-state index contributed by atoms with van der Waals surface area (Å²) in [7, 11) is -4.67. The second-order valence-corrected chi connectivity index (χ2v) is 1.34. The van der Waals surface area contributed by atoms with Gasteiger partial charge in [-0.05, 0) is 0 Å². The first-order valence-corrected chi connectivity index (χ1v) is 2.10. The summed E-state index contributed by atoms with van der Waals surface area (Å²) in [5, 5.41) is 0. The van der Waals surface area contributed by atoms with Crippen molar-refractivity contribution in [3.05, 3.63) is 0 Å². The predicted molar refractivity (Wildman–Crippen MR) is 26.9 cm³/mol. The molecular formula is H14O4SZn. The third kappa shape index (κ3) is 225. The molecule has 0 saturated carbocycles. The maximum atomic E-state index is 8.74. The zero-order valence-electron chi connectivity index (χ0n) is 2.83. The zero-order valence-corrected chi connectivity index (χ0v) is 6.61. The molecule has 0 spiro atoms. The van der Waals surface area contributed by atoms with E-state index in [4.69, 9.17) is 17.5 Å². The number of hydrogen-bond donors (Lipinski definition) is 2. The van der Waals surface area contributed by atoms with E-state index in [1.807, 2.05) is 0 Å². The smallest absolute Gasteiger partial charge is 0.264 e. The Morgan fingerprint density at radius 1 is 1.33 bits per heavy atom. The molecule has 0 unspecified atom stereocenters. The monoisotopic (exact) mass is 174 g/mol. The van der Waals surface area contributed by atoms with Gasteiger partial charge in [-0.3, -0.25) is 9.11 Å². The Labute approximate surface area is 56.8 Å². The minimum Gasteiger partial charge on any atom is -0.264 e. The standard InChI is InChI=1S/H2O4S.Zn.6H2/c1-5(2,3)4;;;;;;;/h(H2,1,2,3,4);;6*1H. The summed E-state index contributed by atoms with van der Waals surface area (Å²) in [5.41, 5.74) is 0. The average Bonchev–Trinajstić information content (AvgIpc) is 0.722. The van der Waals surface area contributed by atoms with Gasteiger partial charge < -0.3 is 0 Å². The number of hydrogen-bond acceptors (Lipinski definition) is 2. The molecule has 0 bridgehead atoms. The largest absolute Gasteiger partial charge is 0.394 e. The molecule has 0 aromatic heterocycles. The Balaban J connectivity index is -0.00000000381. The average molecular weight is 176 g/mol. The third-order valence-corrected chi connectivity index (χ3v) is 0. The Kier molecular flexibility index (Phi) is 4.25. The van der Waals surface area contributed by atoms with Crippen LogP contribution in [0.3, 0.4) is 0 Å². The van der Waals surface area contributed by atoms with Crippen LogP contribution in [0.2, 0.25) is 0 Å².